The number of nitrogens with one attached hydrogen (secondary N) is 3. The molecule has 0 aromatic carbocycles. The normalized spacial score (nSPS) is 13.8. The number of thiazole rings is 1. The van der Waals surface area contributed by atoms with Gasteiger partial charge >= 0.3 is 0 Å². The number of nitrogens with zero attached hydrogens (tertiary/aromatic N) is 2. The number of anilines is 1. The summed E-state index contributed by atoms with van der Waals surface area (Å²) < 4.78 is 1.12. The van der Waals surface area contributed by atoms with Crippen molar-refractivity contribution in [1.82, 2.24) is 20.6 Å². The quantitative estimate of drug-likeness (QED) is 0.597. The van der Waals surface area contributed by atoms with Gasteiger partial charge in [-0.25, -0.2) is 4.98 Å². The Bertz CT molecular complexity index is 890. The Morgan fingerprint density at radius 3 is 3.20 bits per heavy atom. The fourth-order valence-electron chi connectivity index (χ4n) is 2.96. The van der Waals surface area contributed by atoms with Crippen molar-refractivity contribution in [2.24, 2.45) is 0 Å². The van der Waals surface area contributed by atoms with Crippen LogP contribution in [0.3, 0.4) is 0 Å². The minimum absolute atomic E-state index is 0. The summed E-state index contributed by atoms with van der Waals surface area (Å²) in [4.78, 5) is 22.5. The van der Waals surface area contributed by atoms with Crippen LogP contribution in [0, 0.1) is 0 Å². The predicted octanol–water partition coefficient (Wildman–Crippen LogP) is 2.86. The second kappa shape index (κ2) is 7.17. The van der Waals surface area contributed by atoms with Gasteiger partial charge in [0.2, 0.25) is 5.91 Å². The Balaban J connectivity index is 0.00000196. The van der Waals surface area contributed by atoms with E-state index in [1.807, 2.05) is 13.1 Å². The smallest absolute Gasteiger partial charge is 0.226 e. The van der Waals surface area contributed by atoms with Gasteiger partial charge in [0, 0.05) is 37.6 Å². The molecule has 1 aliphatic heterocycles. The van der Waals surface area contributed by atoms with Crippen LogP contribution < -0.4 is 16.0 Å². The zero-order valence-electron chi connectivity index (χ0n) is 13.9. The third kappa shape index (κ3) is 3.30. The highest BCUT2D eigenvalue weighted by Crippen LogP contribution is 2.44. The van der Waals surface area contributed by atoms with Crippen LogP contribution in [-0.2, 0) is 17.8 Å². The SMILES string of the molecule is C[15NH]CCC(=O)Nc1sc2c(c1-c1nc3cnccc3s1)CCNC2.[HH]. The van der Waals surface area contributed by atoms with Crippen LogP contribution in [0.2, 0.25) is 0 Å². The van der Waals surface area contributed by atoms with E-state index < -0.39 is 0 Å². The number of hydrogen-bond acceptors (Lipinski definition) is 7. The maximum absolute atomic E-state index is 12.3. The van der Waals surface area contributed by atoms with Gasteiger partial charge in [0.1, 0.15) is 15.5 Å². The summed E-state index contributed by atoms with van der Waals surface area (Å²) in [6.07, 6.45) is 5.00. The fourth-order valence-corrected chi connectivity index (χ4v) is 5.27. The first-order chi connectivity index (χ1) is 12.3. The molecule has 0 bridgehead atoms. The lowest BCUT2D eigenvalue weighted by atomic mass is 10.0. The maximum Gasteiger partial charge on any atom is 0.226 e. The number of carbonyl (C=O) groups is 1. The molecule has 25 heavy (non-hydrogen) atoms. The van der Waals surface area contributed by atoms with Gasteiger partial charge in [-0.3, -0.25) is 9.78 Å². The molecular formula is C17H21N5OS2. The third-order valence-electron chi connectivity index (χ3n) is 4.19. The van der Waals surface area contributed by atoms with E-state index in [4.69, 9.17) is 4.98 Å². The first kappa shape index (κ1) is 16.6. The van der Waals surface area contributed by atoms with Crippen LogP contribution in [0.5, 0.6) is 0 Å². The molecule has 0 fully saturated rings. The number of aromatic nitrogens is 2. The highest BCUT2D eigenvalue weighted by Gasteiger charge is 2.24. The summed E-state index contributed by atoms with van der Waals surface area (Å²) in [5.41, 5.74) is 3.32. The molecule has 0 spiro atoms. The summed E-state index contributed by atoms with van der Waals surface area (Å²) in [6.45, 7) is 2.47. The number of rotatable bonds is 5. The van der Waals surface area contributed by atoms with E-state index in [1.165, 1.54) is 10.4 Å². The standard InChI is InChI=1S/C17H19N5OS2.H2/c1-18-5-4-14(23)22-17-15(10-2-6-20-9-13(10)25-17)16-21-11-8-19-7-3-12(11)24-16;/h3,7-8,18,20H,2,4-6,9H2,1H3,(H,22,23);1H/i18+1;. The monoisotopic (exact) mass is 376 g/mol. The van der Waals surface area contributed by atoms with E-state index in [2.05, 4.69) is 20.9 Å². The molecule has 0 radical (unpaired) electrons. The molecule has 3 aromatic rings. The van der Waals surface area contributed by atoms with Crippen molar-refractivity contribution in [3.63, 3.8) is 0 Å². The van der Waals surface area contributed by atoms with E-state index in [-0.39, 0.29) is 7.33 Å². The highest BCUT2D eigenvalue weighted by molar-refractivity contribution is 7.22. The molecule has 1 amide bonds. The zero-order chi connectivity index (χ0) is 17.2. The molecule has 3 aromatic heterocycles. The molecule has 6 nitrogen and oxygen atoms in total. The molecule has 4 rings (SSSR count). The average Bonchev–Trinajstić information content (AvgIpc) is 3.20. The Morgan fingerprint density at radius 2 is 2.36 bits per heavy atom. The van der Waals surface area contributed by atoms with Crippen molar-refractivity contribution >= 4 is 43.8 Å². The Hall–Kier alpha value is -1.87. The largest absolute Gasteiger partial charge is 0.319 e. The third-order valence-corrected chi connectivity index (χ3v) is 6.39. The number of thiophene rings is 1. The van der Waals surface area contributed by atoms with Crippen LogP contribution in [0.15, 0.2) is 18.5 Å². The molecule has 0 atom stereocenters. The predicted molar refractivity (Wildman–Crippen MR) is 105 cm³/mol. The number of amides is 1. The van der Waals surface area contributed by atoms with Gasteiger partial charge in [-0.1, -0.05) is 0 Å². The molecular weight excluding hydrogens is 355 g/mol. The van der Waals surface area contributed by atoms with E-state index in [9.17, 15) is 4.79 Å². The van der Waals surface area contributed by atoms with Crippen molar-refractivity contribution in [2.75, 3.05) is 25.5 Å². The second-order valence-corrected chi connectivity index (χ2v) is 8.03. The van der Waals surface area contributed by atoms with E-state index in [1.54, 1.807) is 35.1 Å². The highest BCUT2D eigenvalue weighted by atomic mass is 32.1. The van der Waals surface area contributed by atoms with Crippen LogP contribution in [0.4, 0.5) is 5.00 Å². The first-order valence-electron chi connectivity index (χ1n) is 8.27. The summed E-state index contributed by atoms with van der Waals surface area (Å²) in [7, 11) is 1.85. The second-order valence-electron chi connectivity index (χ2n) is 5.90. The zero-order valence-corrected chi connectivity index (χ0v) is 15.5. The Morgan fingerprint density at radius 1 is 1.44 bits per heavy atom. The number of pyridine rings is 1. The molecule has 0 saturated carbocycles. The van der Waals surface area contributed by atoms with Gasteiger partial charge in [0.25, 0.3) is 0 Å². The molecule has 0 aliphatic carbocycles. The van der Waals surface area contributed by atoms with Crippen molar-refractivity contribution in [3.05, 3.63) is 28.9 Å². The molecule has 4 heterocycles. The number of fused-ring (bicyclic) bond motifs is 2. The Labute approximate surface area is 155 Å². The van der Waals surface area contributed by atoms with Gasteiger partial charge < -0.3 is 16.0 Å². The van der Waals surface area contributed by atoms with Gasteiger partial charge in [-0.15, -0.1) is 22.7 Å². The van der Waals surface area contributed by atoms with Gasteiger partial charge in [0.05, 0.1) is 10.9 Å². The van der Waals surface area contributed by atoms with Crippen LogP contribution in [0.1, 0.15) is 18.3 Å². The minimum Gasteiger partial charge on any atom is -0.319 e. The Kier molecular flexibility index (Phi) is 4.76. The van der Waals surface area contributed by atoms with Crippen molar-refractivity contribution in [1.29, 1.82) is 0 Å². The number of carbonyl (C=O) groups excluding carboxylic acids is 1. The molecule has 1 aliphatic rings. The molecule has 0 unspecified atom stereocenters. The summed E-state index contributed by atoms with van der Waals surface area (Å²) >= 11 is 3.32. The molecule has 0 saturated heterocycles. The molecule has 132 valence electrons. The first-order valence-corrected chi connectivity index (χ1v) is 9.90. The molecule has 3 N–H and O–H groups in total. The minimum atomic E-state index is 0. The number of hydrogen-bond donors (Lipinski definition) is 3. The average molecular weight is 377 g/mol. The van der Waals surface area contributed by atoms with Crippen LogP contribution >= 0.6 is 22.7 Å². The van der Waals surface area contributed by atoms with Gasteiger partial charge in [0.15, 0.2) is 0 Å². The lowest BCUT2D eigenvalue weighted by Crippen LogP contribution is -2.22. The summed E-state index contributed by atoms with van der Waals surface area (Å²) in [5, 5.41) is 11.4. The molecule has 8 heteroatoms. The van der Waals surface area contributed by atoms with E-state index in [0.29, 0.717) is 13.0 Å². The van der Waals surface area contributed by atoms with Gasteiger partial charge in [-0.2, -0.15) is 0 Å². The fraction of sp³-hybridized carbons (Fsp3) is 0.353. The summed E-state index contributed by atoms with van der Waals surface area (Å²) in [6, 6.07) is 1.99. The maximum atomic E-state index is 12.3. The van der Waals surface area contributed by atoms with Crippen molar-refractivity contribution in [2.45, 2.75) is 19.4 Å². The van der Waals surface area contributed by atoms with Crippen molar-refractivity contribution in [3.8, 4) is 10.6 Å². The topological polar surface area (TPSA) is 78.9 Å². The van der Waals surface area contributed by atoms with E-state index >= 15 is 0 Å². The lowest BCUT2D eigenvalue weighted by molar-refractivity contribution is -0.116. The van der Waals surface area contributed by atoms with Gasteiger partial charge in [-0.05, 0) is 31.6 Å². The van der Waals surface area contributed by atoms with Crippen LogP contribution in [0.25, 0.3) is 20.8 Å². The summed E-state index contributed by atoms with van der Waals surface area (Å²) in [5.74, 6) is 0.0323. The van der Waals surface area contributed by atoms with Crippen LogP contribution in [-0.4, -0.2) is 36.0 Å². The lowest BCUT2D eigenvalue weighted by Gasteiger charge is -2.13. The van der Waals surface area contributed by atoms with E-state index in [0.717, 1.165) is 45.3 Å². The van der Waals surface area contributed by atoms with Crippen molar-refractivity contribution < 1.29 is 6.22 Å².